The first-order valence-electron chi connectivity index (χ1n) is 9.84. The van der Waals surface area contributed by atoms with Crippen LogP contribution in [0.25, 0.3) is 0 Å². The van der Waals surface area contributed by atoms with Crippen molar-refractivity contribution >= 4 is 23.2 Å². The molecule has 5 nitrogen and oxygen atoms in total. The Bertz CT molecular complexity index is 640. The third-order valence-corrected chi connectivity index (χ3v) is 5.77. The SMILES string of the molecule is CC1CCN(C(=O)C(C)(C)C(=O)Nc2ccc(N3CCCC3)cc2)CC1. The predicted molar refractivity (Wildman–Crippen MR) is 105 cm³/mol. The number of carbonyl (C=O) groups excluding carboxylic acids is 2. The van der Waals surface area contributed by atoms with E-state index >= 15 is 0 Å². The number of hydrogen-bond acceptors (Lipinski definition) is 3. The predicted octanol–water partition coefficient (Wildman–Crippen LogP) is 3.51. The average Bonchev–Trinajstić information content (AvgIpc) is 3.17. The van der Waals surface area contributed by atoms with Crippen LogP contribution in [0.3, 0.4) is 0 Å². The summed E-state index contributed by atoms with van der Waals surface area (Å²) in [5.41, 5.74) is 0.873. The standard InChI is InChI=1S/C21H31N3O2/c1-16-10-14-24(15-11-16)20(26)21(2,3)19(25)22-17-6-8-18(9-7-17)23-12-4-5-13-23/h6-9,16H,4-5,10-15H2,1-3H3,(H,22,25). The van der Waals surface area contributed by atoms with Gasteiger partial charge in [-0.15, -0.1) is 0 Å². The van der Waals surface area contributed by atoms with Gasteiger partial charge in [0.1, 0.15) is 5.41 Å². The molecule has 0 saturated carbocycles. The first-order valence-corrected chi connectivity index (χ1v) is 9.84. The number of rotatable bonds is 4. The normalized spacial score (nSPS) is 18.9. The highest BCUT2D eigenvalue weighted by molar-refractivity contribution is 6.09. The van der Waals surface area contributed by atoms with E-state index in [2.05, 4.69) is 17.1 Å². The summed E-state index contributed by atoms with van der Waals surface area (Å²) in [7, 11) is 0. The molecule has 0 aliphatic carbocycles. The zero-order valence-corrected chi connectivity index (χ0v) is 16.3. The summed E-state index contributed by atoms with van der Waals surface area (Å²) in [4.78, 5) is 29.8. The smallest absolute Gasteiger partial charge is 0.239 e. The van der Waals surface area contributed by atoms with E-state index in [1.54, 1.807) is 13.8 Å². The van der Waals surface area contributed by atoms with Gasteiger partial charge in [0.25, 0.3) is 0 Å². The highest BCUT2D eigenvalue weighted by Gasteiger charge is 2.40. The van der Waals surface area contributed by atoms with Crippen LogP contribution in [0.4, 0.5) is 11.4 Å². The van der Waals surface area contributed by atoms with Gasteiger partial charge < -0.3 is 15.1 Å². The first-order chi connectivity index (χ1) is 12.4. The van der Waals surface area contributed by atoms with Crippen molar-refractivity contribution in [3.8, 4) is 0 Å². The van der Waals surface area contributed by atoms with Crippen molar-refractivity contribution in [3.63, 3.8) is 0 Å². The minimum absolute atomic E-state index is 0.0735. The summed E-state index contributed by atoms with van der Waals surface area (Å²) >= 11 is 0. The minimum atomic E-state index is -1.06. The zero-order chi connectivity index (χ0) is 18.7. The largest absolute Gasteiger partial charge is 0.372 e. The Morgan fingerprint density at radius 1 is 1.00 bits per heavy atom. The number of nitrogens with one attached hydrogen (secondary N) is 1. The molecule has 2 fully saturated rings. The van der Waals surface area contributed by atoms with Gasteiger partial charge in [0.2, 0.25) is 11.8 Å². The number of piperidine rings is 1. The van der Waals surface area contributed by atoms with Gasteiger partial charge in [-0.05, 0) is 69.7 Å². The van der Waals surface area contributed by atoms with Crippen LogP contribution in [0.1, 0.15) is 46.5 Å². The lowest BCUT2D eigenvalue weighted by Gasteiger charge is -2.35. The summed E-state index contributed by atoms with van der Waals surface area (Å²) in [6, 6.07) is 7.94. The Balaban J connectivity index is 1.61. The van der Waals surface area contributed by atoms with Gasteiger partial charge >= 0.3 is 0 Å². The van der Waals surface area contributed by atoms with Crippen molar-refractivity contribution in [3.05, 3.63) is 24.3 Å². The summed E-state index contributed by atoms with van der Waals surface area (Å²) in [6.07, 6.45) is 4.51. The van der Waals surface area contributed by atoms with Gasteiger partial charge in [-0.1, -0.05) is 6.92 Å². The summed E-state index contributed by atoms with van der Waals surface area (Å²) in [5, 5.41) is 2.92. The lowest BCUT2D eigenvalue weighted by atomic mass is 9.88. The highest BCUT2D eigenvalue weighted by atomic mass is 16.2. The first kappa shape index (κ1) is 18.7. The maximum atomic E-state index is 12.8. The lowest BCUT2D eigenvalue weighted by molar-refractivity contribution is -0.147. The summed E-state index contributed by atoms with van der Waals surface area (Å²) in [5.74, 6) is 0.343. The second kappa shape index (κ2) is 7.68. The van der Waals surface area contributed by atoms with Gasteiger partial charge in [0.15, 0.2) is 0 Å². The molecular weight excluding hydrogens is 326 g/mol. The van der Waals surface area contributed by atoms with Gasteiger partial charge in [-0.25, -0.2) is 0 Å². The fraction of sp³-hybridized carbons (Fsp3) is 0.619. The molecular formula is C21H31N3O2. The number of nitrogens with zero attached hydrogens (tertiary/aromatic N) is 2. The molecule has 0 atom stereocenters. The molecule has 0 spiro atoms. The van der Waals surface area contributed by atoms with Crippen molar-refractivity contribution < 1.29 is 9.59 Å². The van der Waals surface area contributed by atoms with Gasteiger partial charge in [-0.3, -0.25) is 9.59 Å². The van der Waals surface area contributed by atoms with Gasteiger partial charge in [0, 0.05) is 37.6 Å². The topological polar surface area (TPSA) is 52.7 Å². The van der Waals surface area contributed by atoms with Crippen LogP contribution in [0.15, 0.2) is 24.3 Å². The van der Waals surface area contributed by atoms with E-state index in [1.165, 1.54) is 18.5 Å². The van der Waals surface area contributed by atoms with E-state index in [0.29, 0.717) is 5.92 Å². The van der Waals surface area contributed by atoms with Crippen LogP contribution >= 0.6 is 0 Å². The number of likely N-dealkylation sites (tertiary alicyclic amines) is 1. The quantitative estimate of drug-likeness (QED) is 0.839. The minimum Gasteiger partial charge on any atom is -0.372 e. The van der Waals surface area contributed by atoms with E-state index in [0.717, 1.165) is 44.7 Å². The van der Waals surface area contributed by atoms with E-state index < -0.39 is 5.41 Å². The molecule has 26 heavy (non-hydrogen) atoms. The van der Waals surface area contributed by atoms with Crippen molar-refractivity contribution in [2.45, 2.75) is 46.5 Å². The van der Waals surface area contributed by atoms with Crippen molar-refractivity contribution in [2.75, 3.05) is 36.4 Å². The molecule has 2 heterocycles. The number of carbonyl (C=O) groups is 2. The second-order valence-corrected chi connectivity index (χ2v) is 8.29. The molecule has 2 aliphatic heterocycles. The van der Waals surface area contributed by atoms with E-state index in [9.17, 15) is 9.59 Å². The molecule has 0 radical (unpaired) electrons. The van der Waals surface area contributed by atoms with Crippen LogP contribution in [0.5, 0.6) is 0 Å². The second-order valence-electron chi connectivity index (χ2n) is 8.29. The van der Waals surface area contributed by atoms with Crippen LogP contribution in [0, 0.1) is 11.3 Å². The number of benzene rings is 1. The van der Waals surface area contributed by atoms with Crippen LogP contribution in [-0.2, 0) is 9.59 Å². The molecule has 142 valence electrons. The monoisotopic (exact) mass is 357 g/mol. The van der Waals surface area contributed by atoms with Crippen molar-refractivity contribution in [2.24, 2.45) is 11.3 Å². The third-order valence-electron chi connectivity index (χ3n) is 5.77. The number of hydrogen-bond donors (Lipinski definition) is 1. The Kier molecular flexibility index (Phi) is 5.54. The summed E-state index contributed by atoms with van der Waals surface area (Å²) < 4.78 is 0. The third kappa shape index (κ3) is 4.02. The molecule has 2 amide bonds. The number of amides is 2. The highest BCUT2D eigenvalue weighted by Crippen LogP contribution is 2.27. The molecule has 1 aromatic rings. The molecule has 5 heteroatoms. The molecule has 1 N–H and O–H groups in total. The van der Waals surface area contributed by atoms with Crippen molar-refractivity contribution in [1.82, 2.24) is 4.90 Å². The Hall–Kier alpha value is -2.04. The average molecular weight is 357 g/mol. The van der Waals surface area contributed by atoms with Crippen molar-refractivity contribution in [1.29, 1.82) is 0 Å². The van der Waals surface area contributed by atoms with Gasteiger partial charge in [-0.2, -0.15) is 0 Å². The molecule has 0 bridgehead atoms. The van der Waals surface area contributed by atoms with Crippen LogP contribution < -0.4 is 10.2 Å². The van der Waals surface area contributed by atoms with Crippen LogP contribution in [0.2, 0.25) is 0 Å². The van der Waals surface area contributed by atoms with Gasteiger partial charge in [0.05, 0.1) is 0 Å². The van der Waals surface area contributed by atoms with Crippen LogP contribution in [-0.4, -0.2) is 42.9 Å². The lowest BCUT2D eigenvalue weighted by Crippen LogP contribution is -2.49. The maximum Gasteiger partial charge on any atom is 0.239 e. The Morgan fingerprint density at radius 2 is 1.58 bits per heavy atom. The molecule has 2 aliphatic rings. The molecule has 0 unspecified atom stereocenters. The zero-order valence-electron chi connectivity index (χ0n) is 16.3. The molecule has 1 aromatic carbocycles. The maximum absolute atomic E-state index is 12.8. The molecule has 3 rings (SSSR count). The molecule has 0 aromatic heterocycles. The Morgan fingerprint density at radius 3 is 2.15 bits per heavy atom. The number of anilines is 2. The van der Waals surface area contributed by atoms with E-state index in [1.807, 2.05) is 29.2 Å². The summed E-state index contributed by atoms with van der Waals surface area (Å²) in [6.45, 7) is 9.36. The van der Waals surface area contributed by atoms with E-state index in [4.69, 9.17) is 0 Å². The Labute approximate surface area is 156 Å². The van der Waals surface area contributed by atoms with E-state index in [-0.39, 0.29) is 11.8 Å². The fourth-order valence-electron chi connectivity index (χ4n) is 3.72. The fourth-order valence-corrected chi connectivity index (χ4v) is 3.72. The molecule has 2 saturated heterocycles.